The maximum Gasteiger partial charge on any atom is 1.00 e. The molecule has 0 aromatic heterocycles. The SMILES string of the molecule is OB(O)O.Oc1[c-]cc(F)c(F)c1F.[K+]. The standard InChI is InChI=1S/C6H2F3O.BH3O3.K/c7-3-1-2-4(10)6(9)5(3)8;2-1(3)4;/h1,10H;2-4H;/q-1;;+1. The minimum atomic E-state index is -2.17. The van der Waals surface area contributed by atoms with Crippen molar-refractivity contribution in [1.82, 2.24) is 0 Å². The van der Waals surface area contributed by atoms with Crippen LogP contribution in [0, 0.1) is 23.5 Å². The normalized spacial score (nSPS) is 8.40. The molecule has 0 heterocycles. The van der Waals surface area contributed by atoms with Crippen molar-refractivity contribution in [3.05, 3.63) is 29.6 Å². The van der Waals surface area contributed by atoms with Crippen LogP contribution in [0.4, 0.5) is 13.2 Å². The minimum Gasteiger partial charge on any atom is -0.531 e. The van der Waals surface area contributed by atoms with Gasteiger partial charge in [0, 0.05) is 11.6 Å². The quantitative estimate of drug-likeness (QED) is 0.219. The van der Waals surface area contributed by atoms with Crippen LogP contribution in [0.25, 0.3) is 0 Å². The molecule has 0 unspecified atom stereocenters. The van der Waals surface area contributed by atoms with Gasteiger partial charge in [0.25, 0.3) is 0 Å². The summed E-state index contributed by atoms with van der Waals surface area (Å²) < 4.78 is 36.2. The molecule has 0 aliphatic rings. The maximum absolute atomic E-state index is 12.1. The largest absolute Gasteiger partial charge is 1.00 e. The van der Waals surface area contributed by atoms with E-state index in [1.807, 2.05) is 0 Å². The van der Waals surface area contributed by atoms with Gasteiger partial charge in [0.2, 0.25) is 0 Å². The van der Waals surface area contributed by atoms with Gasteiger partial charge in [0.1, 0.15) is 0 Å². The number of halogens is 3. The van der Waals surface area contributed by atoms with Gasteiger partial charge < -0.3 is 20.2 Å². The van der Waals surface area contributed by atoms with Gasteiger partial charge >= 0.3 is 58.7 Å². The summed E-state index contributed by atoms with van der Waals surface area (Å²) in [6.07, 6.45) is 0. The molecule has 1 aromatic rings. The van der Waals surface area contributed by atoms with Gasteiger partial charge in [0.05, 0.1) is 11.6 Å². The second kappa shape index (κ2) is 8.53. The van der Waals surface area contributed by atoms with Crippen molar-refractivity contribution in [2.75, 3.05) is 0 Å². The predicted molar refractivity (Wildman–Crippen MR) is 39.2 cm³/mol. The molecule has 78 valence electrons. The van der Waals surface area contributed by atoms with Crippen molar-refractivity contribution in [2.45, 2.75) is 0 Å². The van der Waals surface area contributed by atoms with Crippen molar-refractivity contribution in [2.24, 2.45) is 0 Å². The molecule has 0 radical (unpaired) electrons. The van der Waals surface area contributed by atoms with Crippen molar-refractivity contribution in [1.29, 1.82) is 0 Å². The Labute approximate surface area is 126 Å². The van der Waals surface area contributed by atoms with Gasteiger partial charge in [-0.2, -0.15) is 0 Å². The molecule has 1 rings (SSSR count). The van der Waals surface area contributed by atoms with E-state index in [1.54, 1.807) is 6.07 Å². The van der Waals surface area contributed by atoms with Gasteiger partial charge in [-0.15, -0.1) is 12.1 Å². The third-order valence-corrected chi connectivity index (χ3v) is 0.946. The topological polar surface area (TPSA) is 80.9 Å². The van der Waals surface area contributed by atoms with E-state index in [-0.39, 0.29) is 51.4 Å². The van der Waals surface area contributed by atoms with Gasteiger partial charge in [-0.05, 0) is 0 Å². The molecule has 1 aromatic carbocycles. The Morgan fingerprint density at radius 1 is 1.07 bits per heavy atom. The Morgan fingerprint density at radius 2 is 1.47 bits per heavy atom. The Kier molecular flexibility index (Phi) is 10.1. The fourth-order valence-corrected chi connectivity index (χ4v) is 0.467. The molecule has 0 aliphatic carbocycles. The Bertz CT molecular complexity index is 283. The van der Waals surface area contributed by atoms with Gasteiger partial charge in [-0.25, -0.2) is 4.39 Å². The van der Waals surface area contributed by atoms with Crippen LogP contribution in [-0.4, -0.2) is 27.5 Å². The van der Waals surface area contributed by atoms with E-state index in [0.29, 0.717) is 6.07 Å². The van der Waals surface area contributed by atoms with Crippen LogP contribution >= 0.6 is 0 Å². The van der Waals surface area contributed by atoms with Crippen molar-refractivity contribution in [3.63, 3.8) is 0 Å². The van der Waals surface area contributed by atoms with Gasteiger partial charge in [0.15, 0.2) is 0 Å². The fraction of sp³-hybridized carbons (Fsp3) is 0. The van der Waals surface area contributed by atoms with Crippen LogP contribution in [0.5, 0.6) is 5.75 Å². The third kappa shape index (κ3) is 7.31. The molecule has 4 N–H and O–H groups in total. The zero-order valence-electron chi connectivity index (χ0n) is 7.58. The van der Waals surface area contributed by atoms with Gasteiger partial charge in [-0.3, -0.25) is 8.78 Å². The average molecular weight is 248 g/mol. The molecule has 0 amide bonds. The summed E-state index contributed by atoms with van der Waals surface area (Å²) in [4.78, 5) is 0. The molecule has 0 atom stereocenters. The first kappa shape index (κ1) is 17.8. The van der Waals surface area contributed by atoms with Crippen molar-refractivity contribution < 1.29 is 84.7 Å². The second-order valence-electron chi connectivity index (χ2n) is 1.96. The monoisotopic (exact) mass is 248 g/mol. The molecule has 9 heteroatoms. The Hall–Kier alpha value is 0.391. The molecule has 0 saturated carbocycles. The van der Waals surface area contributed by atoms with E-state index in [1.165, 1.54) is 0 Å². The molecule has 4 nitrogen and oxygen atoms in total. The van der Waals surface area contributed by atoms with Gasteiger partial charge in [-0.1, -0.05) is 0 Å². The van der Waals surface area contributed by atoms with E-state index in [2.05, 4.69) is 0 Å². The minimum absolute atomic E-state index is 0. The van der Waals surface area contributed by atoms with Crippen LogP contribution < -0.4 is 51.4 Å². The molecular formula is C6H5BF3KO4. The van der Waals surface area contributed by atoms with E-state index in [0.717, 1.165) is 0 Å². The van der Waals surface area contributed by atoms with E-state index in [9.17, 15) is 13.2 Å². The molecule has 0 fully saturated rings. The van der Waals surface area contributed by atoms with Crippen LogP contribution in [0.1, 0.15) is 0 Å². The molecular weight excluding hydrogens is 243 g/mol. The zero-order valence-corrected chi connectivity index (χ0v) is 10.7. The number of phenols is 1. The number of hydrogen-bond donors (Lipinski definition) is 4. The molecule has 0 bridgehead atoms. The summed E-state index contributed by atoms with van der Waals surface area (Å²) in [6, 6.07) is 2.30. The van der Waals surface area contributed by atoms with Crippen LogP contribution in [-0.2, 0) is 0 Å². The summed E-state index contributed by atoms with van der Waals surface area (Å²) in [7, 11) is -2.17. The second-order valence-corrected chi connectivity index (χ2v) is 1.96. The Morgan fingerprint density at radius 3 is 1.80 bits per heavy atom. The smallest absolute Gasteiger partial charge is 0.531 e. The van der Waals surface area contributed by atoms with Crippen LogP contribution in [0.2, 0.25) is 0 Å². The summed E-state index contributed by atoms with van der Waals surface area (Å²) in [5.74, 6) is -5.68. The average Bonchev–Trinajstić information content (AvgIpc) is 2.07. The molecule has 15 heavy (non-hydrogen) atoms. The first-order valence-corrected chi connectivity index (χ1v) is 3.14. The van der Waals surface area contributed by atoms with Crippen molar-refractivity contribution >= 4 is 7.32 Å². The third-order valence-electron chi connectivity index (χ3n) is 0.946. The predicted octanol–water partition coefficient (Wildman–Crippen LogP) is -3.44. The van der Waals surface area contributed by atoms with E-state index < -0.39 is 30.5 Å². The van der Waals surface area contributed by atoms with E-state index in [4.69, 9.17) is 20.2 Å². The summed E-state index contributed by atoms with van der Waals surface area (Å²) >= 11 is 0. The summed E-state index contributed by atoms with van der Waals surface area (Å²) in [6.45, 7) is 0. The molecule has 0 saturated heterocycles. The van der Waals surface area contributed by atoms with Crippen molar-refractivity contribution in [3.8, 4) is 5.75 Å². The summed E-state index contributed by atoms with van der Waals surface area (Å²) in [5, 5.41) is 29.9. The number of rotatable bonds is 0. The van der Waals surface area contributed by atoms with Crippen LogP contribution in [0.3, 0.4) is 0 Å². The molecule has 0 spiro atoms. The first-order valence-electron chi connectivity index (χ1n) is 3.14. The zero-order chi connectivity index (χ0) is 11.3. The fourth-order valence-electron chi connectivity index (χ4n) is 0.467. The summed E-state index contributed by atoms with van der Waals surface area (Å²) in [5.41, 5.74) is 0. The van der Waals surface area contributed by atoms with Crippen LogP contribution in [0.15, 0.2) is 6.07 Å². The number of benzene rings is 1. The maximum atomic E-state index is 12.1. The number of aromatic hydroxyl groups is 1. The Balaban J connectivity index is 0. The number of hydrogen-bond acceptors (Lipinski definition) is 4. The molecule has 0 aliphatic heterocycles. The first-order chi connectivity index (χ1) is 6.36. The number of phenolic OH excluding ortho intramolecular Hbond substituents is 1. The van der Waals surface area contributed by atoms with E-state index >= 15 is 0 Å².